The van der Waals surface area contributed by atoms with Crippen molar-refractivity contribution >= 4 is 17.4 Å². The van der Waals surface area contributed by atoms with Crippen LogP contribution in [-0.4, -0.2) is 39.9 Å². The molecule has 6 nitrogen and oxygen atoms in total. The van der Waals surface area contributed by atoms with E-state index >= 15 is 0 Å². The molecule has 0 radical (unpaired) electrons. The van der Waals surface area contributed by atoms with E-state index in [0.717, 1.165) is 30.1 Å². The summed E-state index contributed by atoms with van der Waals surface area (Å²) in [5.41, 5.74) is 2.86. The average molecular weight is 383 g/mol. The van der Waals surface area contributed by atoms with E-state index in [2.05, 4.69) is 21.6 Å². The van der Waals surface area contributed by atoms with Gasteiger partial charge in [-0.15, -0.1) is 0 Å². The van der Waals surface area contributed by atoms with Crippen LogP contribution in [0.15, 0.2) is 42.5 Å². The van der Waals surface area contributed by atoms with E-state index in [1.807, 2.05) is 36.4 Å². The highest BCUT2D eigenvalue weighted by Crippen LogP contribution is 2.31. The fraction of sp³-hybridized carbons (Fsp3) is 0.409. The minimum atomic E-state index is -0.246. The largest absolute Gasteiger partial charge is 0.496 e. The third-order valence-electron chi connectivity index (χ3n) is 5.02. The number of rotatable bonds is 7. The number of nitrogens with one attached hydrogen (secondary N) is 2. The monoisotopic (exact) mass is 383 g/mol. The Morgan fingerprint density at radius 1 is 1.00 bits per heavy atom. The predicted molar refractivity (Wildman–Crippen MR) is 113 cm³/mol. The van der Waals surface area contributed by atoms with Crippen molar-refractivity contribution in [2.45, 2.75) is 25.7 Å². The number of piperidine rings is 1. The van der Waals surface area contributed by atoms with Gasteiger partial charge in [0.2, 0.25) is 0 Å². The van der Waals surface area contributed by atoms with E-state index in [1.165, 1.54) is 19.3 Å². The van der Waals surface area contributed by atoms with Crippen molar-refractivity contribution in [2.75, 3.05) is 44.1 Å². The van der Waals surface area contributed by atoms with E-state index in [9.17, 15) is 4.79 Å². The quantitative estimate of drug-likeness (QED) is 0.757. The molecule has 0 aromatic heterocycles. The summed E-state index contributed by atoms with van der Waals surface area (Å²) in [6, 6.07) is 13.5. The van der Waals surface area contributed by atoms with Crippen molar-refractivity contribution in [1.29, 1.82) is 0 Å². The highest BCUT2D eigenvalue weighted by molar-refractivity contribution is 5.91. The van der Waals surface area contributed by atoms with Gasteiger partial charge in [0.25, 0.3) is 0 Å². The first kappa shape index (κ1) is 19.9. The molecule has 1 heterocycles. The lowest BCUT2D eigenvalue weighted by Crippen LogP contribution is -2.31. The third-order valence-corrected chi connectivity index (χ3v) is 5.02. The van der Waals surface area contributed by atoms with E-state index in [0.29, 0.717) is 24.4 Å². The van der Waals surface area contributed by atoms with Crippen LogP contribution in [0.2, 0.25) is 0 Å². The number of carbonyl (C=O) groups is 1. The number of amides is 2. The number of benzene rings is 2. The van der Waals surface area contributed by atoms with Crippen LogP contribution in [0.3, 0.4) is 0 Å². The molecule has 2 aromatic carbocycles. The summed E-state index contributed by atoms with van der Waals surface area (Å²) in [7, 11) is 3.27. The second kappa shape index (κ2) is 9.88. The fourth-order valence-electron chi connectivity index (χ4n) is 3.53. The number of methoxy groups -OCH3 is 2. The second-order valence-electron chi connectivity index (χ2n) is 6.88. The molecule has 28 heavy (non-hydrogen) atoms. The number of hydrogen-bond donors (Lipinski definition) is 2. The van der Waals surface area contributed by atoms with Crippen LogP contribution in [0.5, 0.6) is 11.5 Å². The molecule has 0 unspecified atom stereocenters. The van der Waals surface area contributed by atoms with Gasteiger partial charge in [0.15, 0.2) is 0 Å². The number of urea groups is 1. The highest BCUT2D eigenvalue weighted by Gasteiger charge is 2.14. The Labute approximate surface area is 166 Å². The molecule has 0 aliphatic carbocycles. The van der Waals surface area contributed by atoms with E-state index in [1.54, 1.807) is 14.2 Å². The van der Waals surface area contributed by atoms with Crippen molar-refractivity contribution in [2.24, 2.45) is 0 Å². The number of anilines is 2. The normalized spacial score (nSPS) is 13.7. The highest BCUT2D eigenvalue weighted by atomic mass is 16.5. The molecule has 3 rings (SSSR count). The van der Waals surface area contributed by atoms with E-state index < -0.39 is 0 Å². The molecule has 0 bridgehead atoms. The molecule has 1 aliphatic heterocycles. The van der Waals surface area contributed by atoms with Crippen LogP contribution < -0.4 is 25.0 Å². The summed E-state index contributed by atoms with van der Waals surface area (Å²) in [6.07, 6.45) is 4.39. The topological polar surface area (TPSA) is 62.8 Å². The molecule has 150 valence electrons. The molecule has 0 atom stereocenters. The van der Waals surface area contributed by atoms with Crippen molar-refractivity contribution in [1.82, 2.24) is 5.32 Å². The minimum absolute atomic E-state index is 0.246. The SMILES string of the molecule is COc1ccccc1CCNC(=O)Nc1cc(N2CCCCC2)ccc1OC. The lowest BCUT2D eigenvalue weighted by Gasteiger charge is -2.29. The summed E-state index contributed by atoms with van der Waals surface area (Å²) < 4.78 is 10.8. The molecule has 0 saturated carbocycles. The first-order chi connectivity index (χ1) is 13.7. The van der Waals surface area contributed by atoms with Crippen LogP contribution in [0.25, 0.3) is 0 Å². The number of nitrogens with zero attached hydrogens (tertiary/aromatic N) is 1. The van der Waals surface area contributed by atoms with Crippen molar-refractivity contribution in [3.63, 3.8) is 0 Å². The predicted octanol–water partition coefficient (Wildman–Crippen LogP) is 4.06. The van der Waals surface area contributed by atoms with Gasteiger partial charge in [-0.3, -0.25) is 0 Å². The maximum atomic E-state index is 12.4. The first-order valence-electron chi connectivity index (χ1n) is 9.81. The van der Waals surface area contributed by atoms with Gasteiger partial charge in [0.05, 0.1) is 19.9 Å². The minimum Gasteiger partial charge on any atom is -0.496 e. The summed E-state index contributed by atoms with van der Waals surface area (Å²) in [5.74, 6) is 1.49. The Morgan fingerprint density at radius 3 is 2.50 bits per heavy atom. The van der Waals surface area contributed by atoms with Crippen LogP contribution in [0, 0.1) is 0 Å². The molecule has 1 aliphatic rings. The average Bonchev–Trinajstić information content (AvgIpc) is 2.74. The Bertz CT molecular complexity index is 788. The molecule has 2 amide bonds. The Morgan fingerprint density at radius 2 is 1.75 bits per heavy atom. The maximum Gasteiger partial charge on any atom is 0.319 e. The van der Waals surface area contributed by atoms with Crippen LogP contribution in [0.4, 0.5) is 16.2 Å². The molecular weight excluding hydrogens is 354 g/mol. The standard InChI is InChI=1S/C22H29N3O3/c1-27-20-9-5-4-8-17(20)12-13-23-22(26)24-19-16-18(10-11-21(19)28-2)25-14-6-3-7-15-25/h4-5,8-11,16H,3,6-7,12-15H2,1-2H3,(H2,23,24,26). The Kier molecular flexibility index (Phi) is 7.00. The van der Waals surface area contributed by atoms with Crippen LogP contribution in [0.1, 0.15) is 24.8 Å². The Balaban J connectivity index is 1.59. The van der Waals surface area contributed by atoms with Crippen molar-refractivity contribution < 1.29 is 14.3 Å². The summed E-state index contributed by atoms with van der Waals surface area (Å²) in [5, 5.41) is 5.83. The molecule has 6 heteroatoms. The van der Waals surface area contributed by atoms with Gasteiger partial charge in [-0.05, 0) is 55.5 Å². The van der Waals surface area contributed by atoms with Gasteiger partial charge in [-0.1, -0.05) is 18.2 Å². The summed E-state index contributed by atoms with van der Waals surface area (Å²) in [6.45, 7) is 2.62. The van der Waals surface area contributed by atoms with Crippen LogP contribution in [-0.2, 0) is 6.42 Å². The van der Waals surface area contributed by atoms with E-state index in [4.69, 9.17) is 9.47 Å². The third kappa shape index (κ3) is 5.09. The van der Waals surface area contributed by atoms with Crippen molar-refractivity contribution in [3.8, 4) is 11.5 Å². The number of ether oxygens (including phenoxy) is 2. The van der Waals surface area contributed by atoms with Gasteiger partial charge in [0.1, 0.15) is 11.5 Å². The van der Waals surface area contributed by atoms with Gasteiger partial charge < -0.3 is 25.0 Å². The number of para-hydroxylation sites is 1. The zero-order chi connectivity index (χ0) is 19.8. The van der Waals surface area contributed by atoms with Crippen LogP contribution >= 0.6 is 0 Å². The van der Waals surface area contributed by atoms with Gasteiger partial charge >= 0.3 is 6.03 Å². The lowest BCUT2D eigenvalue weighted by atomic mass is 10.1. The maximum absolute atomic E-state index is 12.4. The zero-order valence-electron chi connectivity index (χ0n) is 16.7. The molecule has 1 fully saturated rings. The fourth-order valence-corrected chi connectivity index (χ4v) is 3.53. The Hall–Kier alpha value is -2.89. The summed E-state index contributed by atoms with van der Waals surface area (Å²) >= 11 is 0. The summed E-state index contributed by atoms with van der Waals surface area (Å²) in [4.78, 5) is 14.7. The smallest absolute Gasteiger partial charge is 0.319 e. The van der Waals surface area contributed by atoms with Crippen molar-refractivity contribution in [3.05, 3.63) is 48.0 Å². The van der Waals surface area contributed by atoms with Gasteiger partial charge in [-0.25, -0.2) is 4.79 Å². The molecule has 0 spiro atoms. The zero-order valence-corrected chi connectivity index (χ0v) is 16.7. The van der Waals surface area contributed by atoms with Gasteiger partial charge in [0, 0.05) is 25.3 Å². The van der Waals surface area contributed by atoms with Gasteiger partial charge in [-0.2, -0.15) is 0 Å². The van der Waals surface area contributed by atoms with E-state index in [-0.39, 0.29) is 6.03 Å². The number of hydrogen-bond acceptors (Lipinski definition) is 4. The second-order valence-corrected chi connectivity index (χ2v) is 6.88. The molecular formula is C22H29N3O3. The number of carbonyl (C=O) groups excluding carboxylic acids is 1. The lowest BCUT2D eigenvalue weighted by molar-refractivity contribution is 0.252. The molecule has 2 aromatic rings. The molecule has 1 saturated heterocycles. The molecule has 2 N–H and O–H groups in total. The first-order valence-corrected chi connectivity index (χ1v) is 9.81.